The largest absolute Gasteiger partial charge is 0.466 e. The normalized spacial score (nSPS) is 14.5. The van der Waals surface area contributed by atoms with Gasteiger partial charge in [0.2, 0.25) is 11.6 Å². The first-order valence-electron chi connectivity index (χ1n) is 9.67. The molecule has 1 aliphatic heterocycles. The van der Waals surface area contributed by atoms with Crippen molar-refractivity contribution in [2.24, 2.45) is 5.92 Å². The molecule has 1 aliphatic rings. The Labute approximate surface area is 169 Å². The van der Waals surface area contributed by atoms with Crippen molar-refractivity contribution in [3.05, 3.63) is 52.3 Å². The number of rotatable bonds is 7. The SMILES string of the molecule is CCOC(=O)C1CCN(c2ncnc(N(C)Cc3ccccc3)c2[N+](=O)[O-])CC1. The minimum atomic E-state index is -0.427. The molecule has 0 atom stereocenters. The quantitative estimate of drug-likeness (QED) is 0.398. The number of carbonyl (C=O) groups is 1. The molecule has 2 aromatic rings. The van der Waals surface area contributed by atoms with Crippen LogP contribution < -0.4 is 9.80 Å². The second-order valence-corrected chi connectivity index (χ2v) is 6.98. The zero-order valence-corrected chi connectivity index (χ0v) is 16.7. The number of nitro groups is 1. The zero-order valence-electron chi connectivity index (χ0n) is 16.7. The summed E-state index contributed by atoms with van der Waals surface area (Å²) in [5.41, 5.74) is 0.917. The Morgan fingerprint density at radius 3 is 2.59 bits per heavy atom. The van der Waals surface area contributed by atoms with Crippen molar-refractivity contribution in [3.8, 4) is 0 Å². The van der Waals surface area contributed by atoms with E-state index in [0.717, 1.165) is 5.56 Å². The molecular formula is C20H25N5O4. The van der Waals surface area contributed by atoms with Crippen LogP contribution in [-0.2, 0) is 16.1 Å². The van der Waals surface area contributed by atoms with Crippen LogP contribution >= 0.6 is 0 Å². The van der Waals surface area contributed by atoms with Crippen molar-refractivity contribution in [1.82, 2.24) is 9.97 Å². The molecule has 2 heterocycles. The molecule has 0 amide bonds. The Morgan fingerprint density at radius 2 is 1.97 bits per heavy atom. The van der Waals surface area contributed by atoms with Gasteiger partial charge in [0, 0.05) is 26.7 Å². The summed E-state index contributed by atoms with van der Waals surface area (Å²) in [4.78, 5) is 35.4. The van der Waals surface area contributed by atoms with Gasteiger partial charge in [-0.25, -0.2) is 9.97 Å². The van der Waals surface area contributed by atoms with Crippen LogP contribution in [0.5, 0.6) is 0 Å². The monoisotopic (exact) mass is 399 g/mol. The van der Waals surface area contributed by atoms with Gasteiger partial charge in [-0.1, -0.05) is 30.3 Å². The minimum Gasteiger partial charge on any atom is -0.466 e. The molecule has 9 nitrogen and oxygen atoms in total. The van der Waals surface area contributed by atoms with Gasteiger partial charge >= 0.3 is 11.7 Å². The summed E-state index contributed by atoms with van der Waals surface area (Å²) in [5, 5.41) is 11.9. The number of hydrogen-bond donors (Lipinski definition) is 0. The first-order valence-corrected chi connectivity index (χ1v) is 9.67. The van der Waals surface area contributed by atoms with Crippen molar-refractivity contribution >= 4 is 23.3 Å². The highest BCUT2D eigenvalue weighted by Crippen LogP contribution is 2.36. The Kier molecular flexibility index (Phi) is 6.58. The summed E-state index contributed by atoms with van der Waals surface area (Å²) in [6, 6.07) is 9.71. The summed E-state index contributed by atoms with van der Waals surface area (Å²) in [6.45, 7) is 3.63. The second-order valence-electron chi connectivity index (χ2n) is 6.98. The van der Waals surface area contributed by atoms with Crippen LogP contribution in [0.4, 0.5) is 17.3 Å². The van der Waals surface area contributed by atoms with Gasteiger partial charge < -0.3 is 14.5 Å². The lowest BCUT2D eigenvalue weighted by Crippen LogP contribution is -2.38. The summed E-state index contributed by atoms with van der Waals surface area (Å²) >= 11 is 0. The van der Waals surface area contributed by atoms with Gasteiger partial charge in [-0.15, -0.1) is 0 Å². The van der Waals surface area contributed by atoms with Crippen LogP contribution in [0.1, 0.15) is 25.3 Å². The maximum atomic E-state index is 12.0. The highest BCUT2D eigenvalue weighted by atomic mass is 16.6. The second kappa shape index (κ2) is 9.31. The summed E-state index contributed by atoms with van der Waals surface area (Å²) in [7, 11) is 1.78. The Balaban J connectivity index is 1.81. The highest BCUT2D eigenvalue weighted by Gasteiger charge is 2.33. The number of anilines is 2. The van der Waals surface area contributed by atoms with E-state index in [1.807, 2.05) is 35.2 Å². The van der Waals surface area contributed by atoms with E-state index in [1.54, 1.807) is 18.9 Å². The maximum absolute atomic E-state index is 12.0. The lowest BCUT2D eigenvalue weighted by atomic mass is 9.97. The Bertz CT molecular complexity index is 853. The molecule has 0 unspecified atom stereocenters. The molecule has 0 N–H and O–H groups in total. The predicted molar refractivity (Wildman–Crippen MR) is 109 cm³/mol. The van der Waals surface area contributed by atoms with Crippen LogP contribution in [0.25, 0.3) is 0 Å². The van der Waals surface area contributed by atoms with E-state index in [2.05, 4.69) is 9.97 Å². The average molecular weight is 399 g/mol. The summed E-state index contributed by atoms with van der Waals surface area (Å²) in [5.74, 6) is 0.193. The topological polar surface area (TPSA) is 102 Å². The number of ether oxygens (including phenoxy) is 1. The third-order valence-corrected chi connectivity index (χ3v) is 5.00. The molecule has 1 aromatic heterocycles. The molecule has 154 valence electrons. The number of nitrogens with zero attached hydrogens (tertiary/aromatic N) is 5. The molecular weight excluding hydrogens is 374 g/mol. The van der Waals surface area contributed by atoms with Gasteiger partial charge in [-0.2, -0.15) is 0 Å². The van der Waals surface area contributed by atoms with Crippen molar-refractivity contribution < 1.29 is 14.5 Å². The minimum absolute atomic E-state index is 0.111. The van der Waals surface area contributed by atoms with Crippen molar-refractivity contribution in [3.63, 3.8) is 0 Å². The number of benzene rings is 1. The molecule has 1 saturated heterocycles. The van der Waals surface area contributed by atoms with E-state index >= 15 is 0 Å². The molecule has 0 aliphatic carbocycles. The van der Waals surface area contributed by atoms with Gasteiger partial charge in [-0.3, -0.25) is 14.9 Å². The van der Waals surface area contributed by atoms with Crippen molar-refractivity contribution in [1.29, 1.82) is 0 Å². The Morgan fingerprint density at radius 1 is 1.28 bits per heavy atom. The number of aromatic nitrogens is 2. The van der Waals surface area contributed by atoms with Gasteiger partial charge in [-0.05, 0) is 25.3 Å². The standard InChI is InChI=1S/C20H25N5O4/c1-3-29-20(26)16-9-11-24(12-10-16)19-17(25(27)28)18(21-14-22-19)23(2)13-15-7-5-4-6-8-15/h4-8,14,16H,3,9-13H2,1-2H3. The van der Waals surface area contributed by atoms with Crippen LogP contribution in [0.2, 0.25) is 0 Å². The fourth-order valence-corrected chi connectivity index (χ4v) is 3.55. The molecule has 9 heteroatoms. The highest BCUT2D eigenvalue weighted by molar-refractivity contribution is 5.74. The van der Waals surface area contributed by atoms with Crippen LogP contribution in [0, 0.1) is 16.0 Å². The molecule has 0 saturated carbocycles. The van der Waals surface area contributed by atoms with Gasteiger partial charge in [0.25, 0.3) is 0 Å². The van der Waals surface area contributed by atoms with Crippen molar-refractivity contribution in [2.75, 3.05) is 36.5 Å². The lowest BCUT2D eigenvalue weighted by Gasteiger charge is -2.31. The molecule has 3 rings (SSSR count). The van der Waals surface area contributed by atoms with Gasteiger partial charge in [0.05, 0.1) is 17.4 Å². The lowest BCUT2D eigenvalue weighted by molar-refractivity contribution is -0.383. The van der Waals surface area contributed by atoms with E-state index < -0.39 is 4.92 Å². The van der Waals surface area contributed by atoms with E-state index in [4.69, 9.17) is 4.74 Å². The number of hydrogen-bond acceptors (Lipinski definition) is 8. The maximum Gasteiger partial charge on any atom is 0.353 e. The van der Waals surface area contributed by atoms with Crippen molar-refractivity contribution in [2.45, 2.75) is 26.3 Å². The molecule has 0 bridgehead atoms. The van der Waals surface area contributed by atoms with Crippen LogP contribution in [0.15, 0.2) is 36.7 Å². The number of carbonyl (C=O) groups excluding carboxylic acids is 1. The predicted octanol–water partition coefficient (Wildman–Crippen LogP) is 2.80. The first kappa shape index (κ1) is 20.5. The van der Waals surface area contributed by atoms with E-state index in [0.29, 0.717) is 44.9 Å². The summed E-state index contributed by atoms with van der Waals surface area (Å²) < 4.78 is 5.09. The molecule has 29 heavy (non-hydrogen) atoms. The number of piperidine rings is 1. The molecule has 0 radical (unpaired) electrons. The molecule has 1 aromatic carbocycles. The van der Waals surface area contributed by atoms with E-state index in [9.17, 15) is 14.9 Å². The first-order chi connectivity index (χ1) is 14.0. The molecule has 1 fully saturated rings. The molecule has 0 spiro atoms. The van der Waals surface area contributed by atoms with E-state index in [-0.39, 0.29) is 23.4 Å². The van der Waals surface area contributed by atoms with Crippen LogP contribution in [0.3, 0.4) is 0 Å². The smallest absolute Gasteiger partial charge is 0.353 e. The van der Waals surface area contributed by atoms with Crippen LogP contribution in [-0.4, -0.2) is 47.6 Å². The summed E-state index contributed by atoms with van der Waals surface area (Å²) in [6.07, 6.45) is 2.51. The fourth-order valence-electron chi connectivity index (χ4n) is 3.55. The zero-order chi connectivity index (χ0) is 20.8. The number of esters is 1. The third kappa shape index (κ3) is 4.79. The average Bonchev–Trinajstić information content (AvgIpc) is 2.74. The van der Waals surface area contributed by atoms with Gasteiger partial charge in [0.15, 0.2) is 0 Å². The third-order valence-electron chi connectivity index (χ3n) is 5.00. The fraction of sp³-hybridized carbons (Fsp3) is 0.450. The van der Waals surface area contributed by atoms with Gasteiger partial charge in [0.1, 0.15) is 6.33 Å². The Hall–Kier alpha value is -3.23. The van der Waals surface area contributed by atoms with E-state index in [1.165, 1.54) is 6.33 Å².